The minimum atomic E-state index is -1.92. The predicted octanol–water partition coefficient (Wildman–Crippen LogP) is -2.12. The molecule has 2 aliphatic heterocycles. The molecule has 240 valence electrons. The lowest BCUT2D eigenvalue weighted by atomic mass is 9.97. The average molecular weight is 625 g/mol. The molecule has 0 unspecified atom stereocenters. The van der Waals surface area contributed by atoms with Crippen molar-refractivity contribution in [1.82, 2.24) is 0 Å². The Kier molecular flexibility index (Phi) is 9.28. The molecule has 2 aromatic carbocycles. The van der Waals surface area contributed by atoms with E-state index in [1.807, 2.05) is 0 Å². The maximum absolute atomic E-state index is 13.8. The molecule has 2 aliphatic rings. The number of phenols is 2. The summed E-state index contributed by atoms with van der Waals surface area (Å²) < 4.78 is 33.7. The quantitative estimate of drug-likeness (QED) is 0.130. The van der Waals surface area contributed by atoms with Crippen LogP contribution in [0.5, 0.6) is 23.0 Å². The van der Waals surface area contributed by atoms with E-state index in [9.17, 15) is 50.8 Å². The van der Waals surface area contributed by atoms with Gasteiger partial charge in [-0.05, 0) is 24.3 Å². The molecule has 1 aromatic heterocycles. The summed E-state index contributed by atoms with van der Waals surface area (Å²) in [5.41, 5.74) is -0.823. The molecule has 44 heavy (non-hydrogen) atoms. The summed E-state index contributed by atoms with van der Waals surface area (Å²) in [7, 11) is 1.34. The third-order valence-electron chi connectivity index (χ3n) is 7.47. The number of aliphatic hydroxyl groups is 7. The van der Waals surface area contributed by atoms with Crippen LogP contribution in [0.3, 0.4) is 0 Å². The van der Waals surface area contributed by atoms with E-state index in [1.54, 1.807) is 0 Å². The topological polar surface area (TPSA) is 258 Å². The fourth-order valence-corrected chi connectivity index (χ4v) is 5.03. The van der Waals surface area contributed by atoms with E-state index in [4.69, 9.17) is 28.1 Å². The molecule has 10 atom stereocenters. The van der Waals surface area contributed by atoms with Crippen LogP contribution < -0.4 is 14.9 Å². The van der Waals surface area contributed by atoms with Crippen LogP contribution in [0.15, 0.2) is 45.6 Å². The second-order valence-corrected chi connectivity index (χ2v) is 10.3. The first kappa shape index (κ1) is 31.9. The van der Waals surface area contributed by atoms with Crippen LogP contribution >= 0.6 is 0 Å². The fraction of sp³-hybridized carbons (Fsp3) is 0.464. The summed E-state index contributed by atoms with van der Waals surface area (Å²) in [4.78, 5) is 13.8. The summed E-state index contributed by atoms with van der Waals surface area (Å²) in [6.07, 6.45) is -17.5. The van der Waals surface area contributed by atoms with Crippen LogP contribution in [0.1, 0.15) is 0 Å². The number of ether oxygens (including phenoxy) is 5. The lowest BCUT2D eigenvalue weighted by Crippen LogP contribution is -2.65. The molecule has 9 N–H and O–H groups in total. The summed E-state index contributed by atoms with van der Waals surface area (Å²) in [5.74, 6) is -1.29. The number of fused-ring (bicyclic) bond motifs is 1. The van der Waals surface area contributed by atoms with Crippen LogP contribution in [0.4, 0.5) is 0 Å². The number of benzene rings is 2. The highest BCUT2D eigenvalue weighted by Crippen LogP contribution is 2.38. The Hall–Kier alpha value is -3.55. The van der Waals surface area contributed by atoms with Gasteiger partial charge in [-0.2, -0.15) is 0 Å². The van der Waals surface area contributed by atoms with Gasteiger partial charge in [-0.15, -0.1) is 0 Å². The van der Waals surface area contributed by atoms with Crippen LogP contribution in [0.2, 0.25) is 0 Å². The maximum atomic E-state index is 13.8. The van der Waals surface area contributed by atoms with Crippen molar-refractivity contribution in [3.8, 4) is 34.3 Å². The zero-order valence-corrected chi connectivity index (χ0v) is 23.0. The number of methoxy groups -OCH3 is 1. The minimum absolute atomic E-state index is 0.106. The smallest absolute Gasteiger partial charge is 0.239 e. The molecule has 16 heteroatoms. The molecule has 3 heterocycles. The van der Waals surface area contributed by atoms with Crippen molar-refractivity contribution < 1.29 is 74.1 Å². The lowest BCUT2D eigenvalue weighted by Gasteiger charge is -2.45. The molecule has 2 saturated heterocycles. The summed E-state index contributed by atoms with van der Waals surface area (Å²) in [5, 5.41) is 91.8. The van der Waals surface area contributed by atoms with Crippen LogP contribution in [0, 0.1) is 0 Å². The third kappa shape index (κ3) is 5.80. The third-order valence-corrected chi connectivity index (χ3v) is 7.47. The Morgan fingerprint density at radius 3 is 2.02 bits per heavy atom. The van der Waals surface area contributed by atoms with Crippen molar-refractivity contribution in [2.24, 2.45) is 0 Å². The predicted molar refractivity (Wildman–Crippen MR) is 145 cm³/mol. The van der Waals surface area contributed by atoms with Gasteiger partial charge in [-0.3, -0.25) is 4.79 Å². The zero-order valence-electron chi connectivity index (χ0n) is 23.0. The van der Waals surface area contributed by atoms with E-state index in [2.05, 4.69) is 0 Å². The maximum Gasteiger partial charge on any atom is 0.239 e. The van der Waals surface area contributed by atoms with Crippen molar-refractivity contribution >= 4 is 11.0 Å². The summed E-state index contributed by atoms with van der Waals surface area (Å²) in [6.45, 7) is -1.60. The normalized spacial score (nSPS) is 32.5. The Labute approximate surface area is 248 Å². The van der Waals surface area contributed by atoms with Crippen molar-refractivity contribution in [2.45, 2.75) is 61.4 Å². The number of aromatic hydroxyl groups is 2. The highest BCUT2D eigenvalue weighted by molar-refractivity contribution is 5.88. The molecule has 0 aliphatic carbocycles. The molecule has 0 bridgehead atoms. The number of aliphatic hydroxyl groups excluding tert-OH is 7. The van der Waals surface area contributed by atoms with Gasteiger partial charge in [0.1, 0.15) is 70.9 Å². The molecular formula is C28H32O16. The molecular weight excluding hydrogens is 592 g/mol. The molecule has 0 amide bonds. The molecule has 2 fully saturated rings. The number of rotatable bonds is 8. The second kappa shape index (κ2) is 12.8. The standard InChI is InChI=1S/C28H32O16/c1-39-12-6-13(32)17-14(7-12)40-24(10-2-4-11(31)5-3-10)25(20(17)35)43-28-26(22(37)19(34)16(9-30)42-28)44-27-23(38)21(36)18(33)15(8-29)41-27/h2-7,15-16,18-19,21-23,26-34,36-38H,8-9H2,1H3/t15-,16-,18+,19-,21+,22+,23-,26-,27-,28-/m1/s1. The zero-order chi connectivity index (χ0) is 31.9. The Bertz CT molecular complexity index is 1510. The van der Waals surface area contributed by atoms with Crippen molar-refractivity contribution in [3.05, 3.63) is 46.6 Å². The largest absolute Gasteiger partial charge is 0.508 e. The van der Waals surface area contributed by atoms with Crippen LogP contribution in [-0.2, 0) is 14.2 Å². The molecule has 0 radical (unpaired) electrons. The summed E-state index contributed by atoms with van der Waals surface area (Å²) in [6, 6.07) is 7.89. The van der Waals surface area contributed by atoms with Gasteiger partial charge in [0.2, 0.25) is 17.5 Å². The van der Waals surface area contributed by atoms with Gasteiger partial charge in [0.05, 0.1) is 20.3 Å². The fourth-order valence-electron chi connectivity index (χ4n) is 5.03. The number of hydrogen-bond donors (Lipinski definition) is 9. The average Bonchev–Trinajstić information content (AvgIpc) is 3.01. The Morgan fingerprint density at radius 1 is 0.795 bits per heavy atom. The van der Waals surface area contributed by atoms with Gasteiger partial charge in [0.25, 0.3) is 0 Å². The SMILES string of the molecule is COc1cc(O)c2c(=O)c(O[C@H]3O[C@H](CO)[C@@H](O)[C@H](O)[C@H]3O[C@H]3O[C@H](CO)[C@H](O)[C@H](O)[C@H]3O)c(-c3ccc(O)cc3)oc2c1. The van der Waals surface area contributed by atoms with E-state index in [-0.39, 0.29) is 33.8 Å². The molecule has 3 aromatic rings. The summed E-state index contributed by atoms with van der Waals surface area (Å²) >= 11 is 0. The van der Waals surface area contributed by atoms with E-state index < -0.39 is 91.6 Å². The van der Waals surface area contributed by atoms with E-state index >= 15 is 0 Å². The van der Waals surface area contributed by atoms with Gasteiger partial charge < -0.3 is 74.1 Å². The molecule has 0 saturated carbocycles. The van der Waals surface area contributed by atoms with Gasteiger partial charge in [0, 0.05) is 17.7 Å². The number of hydrogen-bond acceptors (Lipinski definition) is 16. The monoisotopic (exact) mass is 624 g/mol. The van der Waals surface area contributed by atoms with E-state index in [0.717, 1.165) is 6.07 Å². The molecule has 0 spiro atoms. The first-order valence-electron chi connectivity index (χ1n) is 13.4. The van der Waals surface area contributed by atoms with Crippen LogP contribution in [0.25, 0.3) is 22.3 Å². The Balaban J connectivity index is 1.60. The molecule has 16 nitrogen and oxygen atoms in total. The first-order valence-corrected chi connectivity index (χ1v) is 13.4. The van der Waals surface area contributed by atoms with Gasteiger partial charge in [-0.25, -0.2) is 0 Å². The van der Waals surface area contributed by atoms with Gasteiger partial charge in [0.15, 0.2) is 18.2 Å². The first-order chi connectivity index (χ1) is 21.0. The van der Waals surface area contributed by atoms with Gasteiger partial charge in [-0.1, -0.05) is 0 Å². The van der Waals surface area contributed by atoms with Crippen molar-refractivity contribution in [1.29, 1.82) is 0 Å². The Morgan fingerprint density at radius 2 is 1.41 bits per heavy atom. The molecule has 5 rings (SSSR count). The van der Waals surface area contributed by atoms with Gasteiger partial charge >= 0.3 is 0 Å². The number of phenolic OH excluding ortho intramolecular Hbond substituents is 2. The van der Waals surface area contributed by atoms with E-state index in [1.165, 1.54) is 37.4 Å². The highest BCUT2D eigenvalue weighted by atomic mass is 16.8. The second-order valence-electron chi connectivity index (χ2n) is 10.3. The lowest BCUT2D eigenvalue weighted by molar-refractivity contribution is -0.358. The van der Waals surface area contributed by atoms with Crippen molar-refractivity contribution in [3.63, 3.8) is 0 Å². The van der Waals surface area contributed by atoms with E-state index in [0.29, 0.717) is 0 Å². The highest BCUT2D eigenvalue weighted by Gasteiger charge is 2.51. The van der Waals surface area contributed by atoms with Crippen molar-refractivity contribution in [2.75, 3.05) is 20.3 Å². The van der Waals surface area contributed by atoms with Crippen LogP contribution in [-0.4, -0.2) is 128 Å². The minimum Gasteiger partial charge on any atom is -0.508 e.